The Morgan fingerprint density at radius 3 is 2.62 bits per heavy atom. The first-order valence-corrected chi connectivity index (χ1v) is 5.99. The van der Waals surface area contributed by atoms with Crippen molar-refractivity contribution in [3.8, 4) is 0 Å². The van der Waals surface area contributed by atoms with E-state index in [-0.39, 0.29) is 11.1 Å². The van der Waals surface area contributed by atoms with Crippen molar-refractivity contribution in [1.29, 1.82) is 0 Å². The Hall–Kier alpha value is -3.29. The number of aromatic nitrogens is 3. The lowest BCUT2D eigenvalue weighted by Gasteiger charge is -2.07. The van der Waals surface area contributed by atoms with Gasteiger partial charge in [0.05, 0.1) is 4.92 Å². The molecule has 0 saturated carbocycles. The number of aromatic amines is 1. The minimum atomic E-state index is -0.478. The molecule has 21 heavy (non-hydrogen) atoms. The summed E-state index contributed by atoms with van der Waals surface area (Å²) in [6.45, 7) is 0. The minimum absolute atomic E-state index is 0.00839. The van der Waals surface area contributed by atoms with Gasteiger partial charge in [-0.15, -0.1) is 0 Å². The number of rotatable bonds is 3. The van der Waals surface area contributed by atoms with Crippen LogP contribution in [0.3, 0.4) is 0 Å². The fourth-order valence-electron chi connectivity index (χ4n) is 1.91. The van der Waals surface area contributed by atoms with Gasteiger partial charge < -0.3 is 10.3 Å². The maximum Gasteiger partial charge on any atom is 0.269 e. The smallest absolute Gasteiger partial charge is 0.269 e. The molecular formula is C13H9N5O3. The first kappa shape index (κ1) is 12.7. The van der Waals surface area contributed by atoms with Crippen LogP contribution in [-0.4, -0.2) is 19.9 Å². The van der Waals surface area contributed by atoms with Crippen LogP contribution in [0.5, 0.6) is 0 Å². The van der Waals surface area contributed by atoms with Gasteiger partial charge in [-0.05, 0) is 12.1 Å². The summed E-state index contributed by atoms with van der Waals surface area (Å²) in [6, 6.07) is 7.21. The molecule has 0 aliphatic rings. The maximum atomic E-state index is 11.9. The molecule has 104 valence electrons. The van der Waals surface area contributed by atoms with Crippen LogP contribution < -0.4 is 10.7 Å². The molecule has 0 aliphatic carbocycles. The van der Waals surface area contributed by atoms with Crippen molar-refractivity contribution in [2.75, 3.05) is 5.32 Å². The Bertz CT molecular complexity index is 868. The van der Waals surface area contributed by atoms with E-state index in [0.29, 0.717) is 22.5 Å². The zero-order chi connectivity index (χ0) is 14.8. The molecule has 0 bridgehead atoms. The number of anilines is 2. The topological polar surface area (TPSA) is 114 Å². The molecule has 0 unspecified atom stereocenters. The molecule has 2 aromatic heterocycles. The number of hydrogen-bond donors (Lipinski definition) is 2. The van der Waals surface area contributed by atoms with Gasteiger partial charge in [0, 0.05) is 30.1 Å². The van der Waals surface area contributed by atoms with Gasteiger partial charge in [0.25, 0.3) is 5.69 Å². The van der Waals surface area contributed by atoms with Crippen LogP contribution in [0.25, 0.3) is 11.0 Å². The second kappa shape index (κ2) is 5.00. The molecule has 0 radical (unpaired) electrons. The van der Waals surface area contributed by atoms with Crippen molar-refractivity contribution in [1.82, 2.24) is 15.0 Å². The normalized spacial score (nSPS) is 10.5. The standard InChI is InChI=1S/C13H9N5O3/c19-10-5-6-14-12-11(10)13(16-7-15-12)17-8-1-3-9(4-2-8)18(20)21/h1-7H,(H2,14,15,16,17,19). The van der Waals surface area contributed by atoms with Crippen LogP contribution in [0.15, 0.2) is 47.7 Å². The predicted octanol–water partition coefficient (Wildman–Crippen LogP) is 1.97. The molecular weight excluding hydrogens is 274 g/mol. The number of nitrogens with one attached hydrogen (secondary N) is 2. The van der Waals surface area contributed by atoms with Gasteiger partial charge in [-0.25, -0.2) is 9.97 Å². The SMILES string of the molecule is O=c1cc[nH]c2ncnc(Nc3ccc([N+](=O)[O-])cc3)c12. The predicted molar refractivity (Wildman–Crippen MR) is 76.5 cm³/mol. The third-order valence-corrected chi connectivity index (χ3v) is 2.89. The van der Waals surface area contributed by atoms with Crippen LogP contribution in [0.4, 0.5) is 17.2 Å². The number of H-pyrrole nitrogens is 1. The quantitative estimate of drug-likeness (QED) is 0.561. The largest absolute Gasteiger partial charge is 0.346 e. The Balaban J connectivity index is 2.02. The molecule has 0 saturated heterocycles. The van der Waals surface area contributed by atoms with E-state index in [0.717, 1.165) is 0 Å². The summed E-state index contributed by atoms with van der Waals surface area (Å²) in [7, 11) is 0. The number of pyridine rings is 1. The summed E-state index contributed by atoms with van der Waals surface area (Å²) in [5.41, 5.74) is 0.783. The van der Waals surface area contributed by atoms with E-state index in [1.807, 2.05) is 0 Å². The average Bonchev–Trinajstić information content (AvgIpc) is 2.48. The van der Waals surface area contributed by atoms with E-state index in [1.54, 1.807) is 12.1 Å². The van der Waals surface area contributed by atoms with Crippen LogP contribution in [0.2, 0.25) is 0 Å². The molecule has 8 heteroatoms. The highest BCUT2D eigenvalue weighted by atomic mass is 16.6. The average molecular weight is 283 g/mol. The molecule has 0 aliphatic heterocycles. The number of nitrogens with zero attached hydrogens (tertiary/aromatic N) is 3. The third-order valence-electron chi connectivity index (χ3n) is 2.89. The Labute approximate surface area is 117 Å². The van der Waals surface area contributed by atoms with E-state index in [1.165, 1.54) is 30.7 Å². The van der Waals surface area contributed by atoms with Gasteiger partial charge in [-0.2, -0.15) is 0 Å². The summed E-state index contributed by atoms with van der Waals surface area (Å²) < 4.78 is 0. The highest BCUT2D eigenvalue weighted by molar-refractivity contribution is 5.87. The molecule has 1 aromatic carbocycles. The van der Waals surface area contributed by atoms with Crippen LogP contribution >= 0.6 is 0 Å². The fraction of sp³-hybridized carbons (Fsp3) is 0. The van der Waals surface area contributed by atoms with Crippen molar-refractivity contribution >= 4 is 28.2 Å². The molecule has 8 nitrogen and oxygen atoms in total. The van der Waals surface area contributed by atoms with Gasteiger partial charge in [-0.3, -0.25) is 14.9 Å². The zero-order valence-corrected chi connectivity index (χ0v) is 10.6. The number of fused-ring (bicyclic) bond motifs is 1. The van der Waals surface area contributed by atoms with E-state index in [9.17, 15) is 14.9 Å². The number of hydrogen-bond acceptors (Lipinski definition) is 6. The molecule has 3 rings (SSSR count). The van der Waals surface area contributed by atoms with E-state index >= 15 is 0 Å². The minimum Gasteiger partial charge on any atom is -0.346 e. The van der Waals surface area contributed by atoms with E-state index in [2.05, 4.69) is 20.3 Å². The molecule has 2 N–H and O–H groups in total. The molecule has 0 spiro atoms. The summed E-state index contributed by atoms with van der Waals surface area (Å²) in [6.07, 6.45) is 2.83. The van der Waals surface area contributed by atoms with Crippen molar-refractivity contribution in [2.45, 2.75) is 0 Å². The first-order chi connectivity index (χ1) is 10.1. The van der Waals surface area contributed by atoms with E-state index in [4.69, 9.17) is 0 Å². The Kier molecular flexibility index (Phi) is 3.03. The van der Waals surface area contributed by atoms with E-state index < -0.39 is 4.92 Å². The lowest BCUT2D eigenvalue weighted by molar-refractivity contribution is -0.384. The van der Waals surface area contributed by atoms with Crippen LogP contribution in [0.1, 0.15) is 0 Å². The van der Waals surface area contributed by atoms with Gasteiger partial charge in [-0.1, -0.05) is 0 Å². The van der Waals surface area contributed by atoms with Gasteiger partial charge in [0.1, 0.15) is 23.2 Å². The molecule has 0 atom stereocenters. The lowest BCUT2D eigenvalue weighted by Crippen LogP contribution is -2.06. The Morgan fingerprint density at radius 1 is 1.14 bits per heavy atom. The van der Waals surface area contributed by atoms with Crippen molar-refractivity contribution < 1.29 is 4.92 Å². The number of nitro groups is 1. The second-order valence-electron chi connectivity index (χ2n) is 4.22. The fourth-order valence-corrected chi connectivity index (χ4v) is 1.91. The number of benzene rings is 1. The van der Waals surface area contributed by atoms with Crippen molar-refractivity contribution in [2.24, 2.45) is 0 Å². The Morgan fingerprint density at radius 2 is 1.90 bits per heavy atom. The molecule has 0 fully saturated rings. The molecule has 2 heterocycles. The maximum absolute atomic E-state index is 11.9. The van der Waals surface area contributed by atoms with Gasteiger partial charge in [0.15, 0.2) is 5.43 Å². The zero-order valence-electron chi connectivity index (χ0n) is 10.6. The van der Waals surface area contributed by atoms with Crippen LogP contribution in [0, 0.1) is 10.1 Å². The first-order valence-electron chi connectivity index (χ1n) is 5.99. The number of nitro benzene ring substituents is 1. The van der Waals surface area contributed by atoms with Crippen molar-refractivity contribution in [3.05, 3.63) is 63.2 Å². The van der Waals surface area contributed by atoms with Crippen LogP contribution in [-0.2, 0) is 0 Å². The summed E-state index contributed by atoms with van der Waals surface area (Å²) in [5, 5.41) is 13.9. The van der Waals surface area contributed by atoms with Gasteiger partial charge >= 0.3 is 0 Å². The summed E-state index contributed by atoms with van der Waals surface area (Å²) in [4.78, 5) is 32.9. The highest BCUT2D eigenvalue weighted by Gasteiger charge is 2.09. The number of non-ortho nitro benzene ring substituents is 1. The van der Waals surface area contributed by atoms with Gasteiger partial charge in [0.2, 0.25) is 0 Å². The molecule has 3 aromatic rings. The lowest BCUT2D eigenvalue weighted by atomic mass is 10.2. The van der Waals surface area contributed by atoms with Crippen molar-refractivity contribution in [3.63, 3.8) is 0 Å². The summed E-state index contributed by atoms with van der Waals surface area (Å²) in [5.74, 6) is 0.343. The third kappa shape index (κ3) is 2.41. The highest BCUT2D eigenvalue weighted by Crippen LogP contribution is 2.21. The second-order valence-corrected chi connectivity index (χ2v) is 4.22. The monoisotopic (exact) mass is 283 g/mol. The molecule has 0 amide bonds. The summed E-state index contributed by atoms with van der Waals surface area (Å²) >= 11 is 0.